The van der Waals surface area contributed by atoms with Crippen LogP contribution in [0.1, 0.15) is 50.3 Å². The molecule has 2 rings (SSSR count). The summed E-state index contributed by atoms with van der Waals surface area (Å²) in [7, 11) is 0. The third-order valence-corrected chi connectivity index (χ3v) is 5.83. The number of aryl methyl sites for hydroxylation is 1. The van der Waals surface area contributed by atoms with Crippen LogP contribution in [0.2, 0.25) is 0 Å². The Morgan fingerprint density at radius 1 is 0.906 bits per heavy atom. The molecule has 2 atom stereocenters. The van der Waals surface area contributed by atoms with Gasteiger partial charge >= 0.3 is 0 Å². The van der Waals surface area contributed by atoms with Crippen molar-refractivity contribution < 1.29 is 24.4 Å². The van der Waals surface area contributed by atoms with Crippen molar-refractivity contribution in [2.75, 3.05) is 32.3 Å². The minimum Gasteiger partial charge on any atom is -0.491 e. The summed E-state index contributed by atoms with van der Waals surface area (Å²) < 4.78 is 16.8. The van der Waals surface area contributed by atoms with Crippen molar-refractivity contribution in [1.29, 1.82) is 0 Å². The number of ether oxygens (including phenoxy) is 3. The first kappa shape index (κ1) is 26.5. The van der Waals surface area contributed by atoms with Crippen molar-refractivity contribution in [3.8, 4) is 11.5 Å². The van der Waals surface area contributed by atoms with Gasteiger partial charge in [0, 0.05) is 12.0 Å². The maximum Gasteiger partial charge on any atom is 0.122 e. The van der Waals surface area contributed by atoms with Crippen molar-refractivity contribution >= 4 is 11.6 Å². The quantitative estimate of drug-likeness (QED) is 0.309. The van der Waals surface area contributed by atoms with Crippen LogP contribution in [0.3, 0.4) is 0 Å². The number of aliphatic hydroxyl groups is 2. The number of rotatable bonds is 14. The van der Waals surface area contributed by atoms with E-state index in [1.165, 1.54) is 0 Å². The molecule has 0 aromatic heterocycles. The molecule has 5 nitrogen and oxygen atoms in total. The number of benzene rings is 2. The second kappa shape index (κ2) is 13.0. The van der Waals surface area contributed by atoms with E-state index in [0.717, 1.165) is 41.0 Å². The Balaban J connectivity index is 1.96. The van der Waals surface area contributed by atoms with Crippen LogP contribution in [-0.2, 0) is 10.2 Å². The van der Waals surface area contributed by atoms with E-state index in [-0.39, 0.29) is 31.1 Å². The maximum atomic E-state index is 9.99. The van der Waals surface area contributed by atoms with E-state index in [1.807, 2.05) is 25.1 Å². The van der Waals surface area contributed by atoms with Crippen molar-refractivity contribution in [3.63, 3.8) is 0 Å². The van der Waals surface area contributed by atoms with Gasteiger partial charge in [0.25, 0.3) is 0 Å². The van der Waals surface area contributed by atoms with E-state index >= 15 is 0 Å². The van der Waals surface area contributed by atoms with Crippen molar-refractivity contribution in [2.45, 2.75) is 58.2 Å². The first-order valence-corrected chi connectivity index (χ1v) is 11.8. The highest BCUT2D eigenvalue weighted by atomic mass is 35.5. The molecule has 0 bridgehead atoms. The average Bonchev–Trinajstić information content (AvgIpc) is 2.79. The third kappa shape index (κ3) is 7.96. The molecule has 2 aromatic rings. The molecule has 178 valence electrons. The number of alkyl halides is 1. The van der Waals surface area contributed by atoms with E-state index in [0.29, 0.717) is 6.61 Å². The summed E-state index contributed by atoms with van der Waals surface area (Å²) >= 11 is 5.63. The molecule has 2 N–H and O–H groups in total. The van der Waals surface area contributed by atoms with Crippen molar-refractivity contribution in [2.24, 2.45) is 0 Å². The molecule has 0 saturated carbocycles. The molecule has 0 aliphatic carbocycles. The zero-order chi connectivity index (χ0) is 23.6. The molecular weight excluding hydrogens is 428 g/mol. The summed E-state index contributed by atoms with van der Waals surface area (Å²) in [4.78, 5) is 0. The Bertz CT molecular complexity index is 806. The summed E-state index contributed by atoms with van der Waals surface area (Å²) in [5.41, 5.74) is 3.10. The van der Waals surface area contributed by atoms with Gasteiger partial charge in [0.05, 0.1) is 12.5 Å². The van der Waals surface area contributed by atoms with Crippen LogP contribution in [0, 0.1) is 6.92 Å². The fourth-order valence-corrected chi connectivity index (χ4v) is 3.36. The summed E-state index contributed by atoms with van der Waals surface area (Å²) in [5, 5.41) is 19.6. The lowest BCUT2D eigenvalue weighted by Crippen LogP contribution is -2.24. The molecule has 0 amide bonds. The van der Waals surface area contributed by atoms with Gasteiger partial charge in [0.2, 0.25) is 0 Å². The monoisotopic (exact) mass is 464 g/mol. The smallest absolute Gasteiger partial charge is 0.122 e. The Hall–Kier alpha value is -1.79. The van der Waals surface area contributed by atoms with Crippen LogP contribution in [0.4, 0.5) is 0 Å². The minimum atomic E-state index is -0.678. The fourth-order valence-electron chi connectivity index (χ4n) is 3.27. The number of hydrogen-bond donors (Lipinski definition) is 2. The number of unbranched alkanes of at least 4 members (excludes halogenated alkanes) is 1. The number of hydrogen-bond acceptors (Lipinski definition) is 5. The molecular formula is C26H37ClO5. The summed E-state index contributed by atoms with van der Waals surface area (Å²) in [6, 6.07) is 14.1. The van der Waals surface area contributed by atoms with E-state index in [4.69, 9.17) is 25.8 Å². The van der Waals surface area contributed by atoms with E-state index in [9.17, 15) is 10.2 Å². The molecule has 32 heavy (non-hydrogen) atoms. The molecule has 2 aromatic carbocycles. The Morgan fingerprint density at radius 3 is 2.19 bits per heavy atom. The molecule has 0 unspecified atom stereocenters. The number of aliphatic hydroxyl groups excluding tert-OH is 2. The fraction of sp³-hybridized carbons (Fsp3) is 0.538. The highest BCUT2D eigenvalue weighted by Crippen LogP contribution is 2.34. The van der Waals surface area contributed by atoms with Crippen molar-refractivity contribution in [1.82, 2.24) is 0 Å². The van der Waals surface area contributed by atoms with Gasteiger partial charge in [-0.2, -0.15) is 0 Å². The summed E-state index contributed by atoms with van der Waals surface area (Å²) in [6.07, 6.45) is 0.753. The predicted octanol–water partition coefficient (Wildman–Crippen LogP) is 4.86. The Labute approximate surface area is 197 Å². The van der Waals surface area contributed by atoms with Gasteiger partial charge in [-0.05, 0) is 48.2 Å². The highest BCUT2D eigenvalue weighted by molar-refractivity contribution is 6.18. The first-order chi connectivity index (χ1) is 15.3. The van der Waals surface area contributed by atoms with Gasteiger partial charge in [-0.15, -0.1) is 11.6 Å². The third-order valence-electron chi connectivity index (χ3n) is 5.48. The van der Waals surface area contributed by atoms with Crippen LogP contribution in [0.5, 0.6) is 11.5 Å². The van der Waals surface area contributed by atoms with Gasteiger partial charge in [-0.1, -0.05) is 51.5 Å². The van der Waals surface area contributed by atoms with Crippen molar-refractivity contribution in [3.05, 3.63) is 59.2 Å². The van der Waals surface area contributed by atoms with Crippen LogP contribution in [0.25, 0.3) is 0 Å². The topological polar surface area (TPSA) is 68.2 Å². The zero-order valence-electron chi connectivity index (χ0n) is 19.6. The van der Waals surface area contributed by atoms with Crippen LogP contribution < -0.4 is 9.47 Å². The predicted molar refractivity (Wildman–Crippen MR) is 129 cm³/mol. The first-order valence-electron chi connectivity index (χ1n) is 11.2. The van der Waals surface area contributed by atoms with Gasteiger partial charge in [0.15, 0.2) is 0 Å². The van der Waals surface area contributed by atoms with Gasteiger partial charge in [-0.3, -0.25) is 0 Å². The largest absolute Gasteiger partial charge is 0.491 e. The van der Waals surface area contributed by atoms with Crippen LogP contribution in [0.15, 0.2) is 42.5 Å². The molecule has 0 aliphatic heterocycles. The molecule has 0 aliphatic rings. The van der Waals surface area contributed by atoms with E-state index in [2.05, 4.69) is 45.0 Å². The molecule has 0 heterocycles. The van der Waals surface area contributed by atoms with Crippen LogP contribution in [-0.4, -0.2) is 54.7 Å². The maximum absolute atomic E-state index is 9.99. The second-order valence-electron chi connectivity index (χ2n) is 8.64. The minimum absolute atomic E-state index is 0.148. The SMILES string of the molecule is CCCCOC[C@H](O)COc1ccc(C(C)(C)c2ccc(OC[C@H](O)CCl)c(C)c2)cc1. The average molecular weight is 465 g/mol. The van der Waals surface area contributed by atoms with E-state index in [1.54, 1.807) is 0 Å². The lowest BCUT2D eigenvalue weighted by atomic mass is 9.77. The molecule has 0 radical (unpaired) electrons. The van der Waals surface area contributed by atoms with E-state index < -0.39 is 12.2 Å². The summed E-state index contributed by atoms with van der Waals surface area (Å²) in [5.74, 6) is 1.61. The van der Waals surface area contributed by atoms with Gasteiger partial charge in [0.1, 0.15) is 36.9 Å². The molecule has 0 fully saturated rings. The molecule has 0 spiro atoms. The lowest BCUT2D eigenvalue weighted by molar-refractivity contribution is 0.0113. The molecule has 0 saturated heterocycles. The van der Waals surface area contributed by atoms with Gasteiger partial charge < -0.3 is 24.4 Å². The lowest BCUT2D eigenvalue weighted by Gasteiger charge is -2.27. The standard InChI is InChI=1S/C26H37ClO5/c1-5-6-13-30-16-23(29)18-31-24-10-7-20(8-11-24)26(3,4)21-9-12-25(19(2)14-21)32-17-22(28)15-27/h7-12,14,22-23,28-29H,5-6,13,15-18H2,1-4H3/t22-,23+/m1/s1. The zero-order valence-corrected chi connectivity index (χ0v) is 20.4. The Morgan fingerprint density at radius 2 is 1.56 bits per heavy atom. The number of halogens is 1. The highest BCUT2D eigenvalue weighted by Gasteiger charge is 2.24. The molecule has 6 heteroatoms. The summed E-state index contributed by atoms with van der Waals surface area (Å²) in [6.45, 7) is 9.78. The van der Waals surface area contributed by atoms with Crippen LogP contribution >= 0.6 is 11.6 Å². The second-order valence-corrected chi connectivity index (χ2v) is 8.95. The normalized spacial score (nSPS) is 13.6. The van der Waals surface area contributed by atoms with Gasteiger partial charge in [-0.25, -0.2) is 0 Å². The Kier molecular flexibility index (Phi) is 10.8.